The lowest BCUT2D eigenvalue weighted by Crippen LogP contribution is -2.11. The Morgan fingerprint density at radius 1 is 0.113 bits per heavy atom. The summed E-state index contributed by atoms with van der Waals surface area (Å²) < 4.78 is 7.28. The van der Waals surface area contributed by atoms with Crippen LogP contribution in [0.25, 0.3) is 203 Å². The van der Waals surface area contributed by atoms with Crippen molar-refractivity contribution in [1.82, 2.24) is 13.7 Å². The lowest BCUT2D eigenvalue weighted by atomic mass is 9.99. The second-order valence-corrected chi connectivity index (χ2v) is 38.6. The van der Waals surface area contributed by atoms with E-state index in [2.05, 4.69) is 623 Å². The van der Waals surface area contributed by atoms with Gasteiger partial charge in [-0.25, -0.2) is 0 Å². The fourth-order valence-electron chi connectivity index (χ4n) is 22.7. The Bertz CT molecular complexity index is 10000. The molecule has 0 saturated heterocycles. The molecular formula is C144H98N6. The first-order chi connectivity index (χ1) is 74.4. The molecule has 6 heteroatoms. The highest BCUT2D eigenvalue weighted by Crippen LogP contribution is 2.51. The van der Waals surface area contributed by atoms with Crippen LogP contribution in [0, 0.1) is 0 Å². The van der Waals surface area contributed by atoms with Crippen molar-refractivity contribution in [2.75, 3.05) is 14.7 Å². The van der Waals surface area contributed by atoms with Crippen molar-refractivity contribution >= 4 is 181 Å². The molecule has 0 saturated carbocycles. The molecule has 0 fully saturated rings. The molecule has 150 heavy (non-hydrogen) atoms. The first kappa shape index (κ1) is 89.0. The minimum atomic E-state index is 1.10. The molecular weight excluding hydrogens is 1810 g/mol. The monoisotopic (exact) mass is 1910 g/mol. The van der Waals surface area contributed by atoms with Crippen molar-refractivity contribution in [3.8, 4) is 72.7 Å². The Morgan fingerprint density at radius 3 is 0.820 bits per heavy atom. The van der Waals surface area contributed by atoms with Crippen molar-refractivity contribution in [1.29, 1.82) is 0 Å². The number of benzene rings is 26. The van der Waals surface area contributed by atoms with Crippen LogP contribution in [0.5, 0.6) is 0 Å². The Labute approximate surface area is 870 Å². The van der Waals surface area contributed by atoms with Crippen LogP contribution in [0.1, 0.15) is 0 Å². The molecule has 0 aliphatic heterocycles. The van der Waals surface area contributed by atoms with Gasteiger partial charge in [-0.05, 0) is 285 Å². The van der Waals surface area contributed by atoms with E-state index in [1.54, 1.807) is 0 Å². The molecule has 0 aliphatic rings. The Hall–Kier alpha value is -19.9. The van der Waals surface area contributed by atoms with E-state index >= 15 is 0 Å². The number of hydrogen-bond acceptors (Lipinski definition) is 3. The molecule has 29 aromatic rings. The SMILES string of the molecule is c1ccc(-c2ccc(N(c3ccc(-c4ccccc4)cc3)c3cc4c(c5ccccc35)c3ccccc3n4-c3ccccc3)cc2)cc1.c1ccc(-c2ccc(N(c3ccc4ccccc4c3)c3ccc4c(c3)c3c5ccccc5ccc3n4-c3ccc4ccccc4c3)cc2)cc1.c1ccc(-c2ccc(N(c3cccc(-c4ccccc4)c3)c3ccc4c(c3)c3c5ccccc5ccc3n4-c3ccc4ccccc4c3)cc2)cc1. The first-order valence-electron chi connectivity index (χ1n) is 51.5. The van der Waals surface area contributed by atoms with E-state index in [0.717, 1.165) is 68.2 Å². The van der Waals surface area contributed by atoms with Gasteiger partial charge in [0.1, 0.15) is 0 Å². The maximum Gasteiger partial charge on any atom is 0.0568 e. The van der Waals surface area contributed by atoms with Crippen LogP contribution < -0.4 is 14.7 Å². The summed E-state index contributed by atoms with van der Waals surface area (Å²) in [6.07, 6.45) is 0. The molecule has 0 N–H and O–H groups in total. The van der Waals surface area contributed by atoms with Gasteiger partial charge in [0.25, 0.3) is 0 Å². The third-order valence-corrected chi connectivity index (χ3v) is 29.8. The van der Waals surface area contributed by atoms with Gasteiger partial charge >= 0.3 is 0 Å². The van der Waals surface area contributed by atoms with Gasteiger partial charge in [-0.2, -0.15) is 0 Å². The third kappa shape index (κ3) is 16.5. The predicted molar refractivity (Wildman–Crippen MR) is 639 cm³/mol. The van der Waals surface area contributed by atoms with Gasteiger partial charge in [0.2, 0.25) is 0 Å². The van der Waals surface area contributed by atoms with Gasteiger partial charge in [0.05, 0.1) is 38.8 Å². The van der Waals surface area contributed by atoms with Crippen LogP contribution in [-0.4, -0.2) is 13.7 Å². The molecule has 0 spiro atoms. The molecule has 29 rings (SSSR count). The van der Waals surface area contributed by atoms with Gasteiger partial charge in [-0.1, -0.05) is 425 Å². The fraction of sp³-hybridized carbons (Fsp3) is 0. The van der Waals surface area contributed by atoms with Gasteiger partial charge in [0.15, 0.2) is 0 Å². The quantitative estimate of drug-likeness (QED) is 0.0908. The average Bonchev–Trinajstić information content (AvgIpc) is 1.56. The molecule has 0 atom stereocenters. The maximum atomic E-state index is 2.43. The summed E-state index contributed by atoms with van der Waals surface area (Å²) in [6.45, 7) is 0. The largest absolute Gasteiger partial charge is 0.310 e. The van der Waals surface area contributed by atoms with E-state index in [1.807, 2.05) is 0 Å². The van der Waals surface area contributed by atoms with Crippen LogP contribution in [0.4, 0.5) is 51.2 Å². The minimum Gasteiger partial charge on any atom is -0.310 e. The fourth-order valence-corrected chi connectivity index (χ4v) is 22.7. The molecule has 0 amide bonds. The smallest absolute Gasteiger partial charge is 0.0568 e. The summed E-state index contributed by atoms with van der Waals surface area (Å²) in [6, 6.07) is 215. The summed E-state index contributed by atoms with van der Waals surface area (Å²) in [5.74, 6) is 0. The van der Waals surface area contributed by atoms with E-state index in [4.69, 9.17) is 0 Å². The predicted octanol–water partition coefficient (Wildman–Crippen LogP) is 40.0. The molecule has 3 heterocycles. The number of fused-ring (bicyclic) bond motifs is 18. The zero-order valence-corrected chi connectivity index (χ0v) is 82.3. The van der Waals surface area contributed by atoms with E-state index in [-0.39, 0.29) is 0 Å². The standard InChI is InChI=1S/C50H34N2.C48H32N2.C46H32N2/c1-3-12-35(13-4-1)38-22-26-42(27-23-38)51(43-20-11-19-41(32-43)36-14-5-2-6-15-36)45-29-31-48-47(34-45)50-46-21-10-9-17-39(46)25-30-49(50)52(48)44-28-24-37-16-7-8-18-40(37)33-44;1-2-10-33(11-3-1)36-18-23-40(24-19-36)49(41-25-20-34-12-4-6-15-38(34)30-41)43-27-29-46-45(32-43)48-44-17-9-8-14-37(44)22-28-47(48)50(46)42-26-21-35-13-5-7-16-39(35)31-42;1-4-14-33(15-5-1)35-24-28-38(29-25-35)47(39-30-26-36(27-31-39)34-16-6-2-7-17-34)44-32-45-46(41-21-11-10-20-40(41)44)42-22-12-13-23-43(42)48(45)37-18-8-3-9-19-37/h1-34H;1-32H;1-32H. The van der Waals surface area contributed by atoms with E-state index in [9.17, 15) is 0 Å². The highest BCUT2D eigenvalue weighted by molar-refractivity contribution is 6.26. The van der Waals surface area contributed by atoms with Crippen LogP contribution in [0.3, 0.4) is 0 Å². The Morgan fingerprint density at radius 2 is 0.387 bits per heavy atom. The first-order valence-corrected chi connectivity index (χ1v) is 51.5. The van der Waals surface area contributed by atoms with Crippen molar-refractivity contribution in [3.05, 3.63) is 595 Å². The third-order valence-electron chi connectivity index (χ3n) is 29.8. The lowest BCUT2D eigenvalue weighted by Gasteiger charge is -2.28. The highest BCUT2D eigenvalue weighted by Gasteiger charge is 2.27. The van der Waals surface area contributed by atoms with Gasteiger partial charge in [-0.15, -0.1) is 0 Å². The van der Waals surface area contributed by atoms with E-state index < -0.39 is 0 Å². The van der Waals surface area contributed by atoms with E-state index in [1.165, 1.54) is 186 Å². The normalized spacial score (nSPS) is 11.5. The molecule has 0 bridgehead atoms. The number of nitrogens with zero attached hydrogens (tertiary/aromatic N) is 6. The van der Waals surface area contributed by atoms with Crippen LogP contribution in [0.2, 0.25) is 0 Å². The summed E-state index contributed by atoms with van der Waals surface area (Å²) >= 11 is 0. The van der Waals surface area contributed by atoms with Crippen molar-refractivity contribution in [2.24, 2.45) is 0 Å². The van der Waals surface area contributed by atoms with E-state index in [0.29, 0.717) is 0 Å². The molecule has 0 aliphatic carbocycles. The minimum absolute atomic E-state index is 1.10. The second kappa shape index (κ2) is 38.6. The summed E-state index contributed by atoms with van der Waals surface area (Å²) in [7, 11) is 0. The second-order valence-electron chi connectivity index (χ2n) is 38.6. The molecule has 26 aromatic carbocycles. The molecule has 704 valence electrons. The molecule has 0 unspecified atom stereocenters. The van der Waals surface area contributed by atoms with Crippen molar-refractivity contribution in [2.45, 2.75) is 0 Å². The van der Waals surface area contributed by atoms with Crippen molar-refractivity contribution in [3.63, 3.8) is 0 Å². The van der Waals surface area contributed by atoms with Crippen LogP contribution in [-0.2, 0) is 0 Å². The lowest BCUT2D eigenvalue weighted by molar-refractivity contribution is 1.18. The van der Waals surface area contributed by atoms with Gasteiger partial charge in [-0.3, -0.25) is 0 Å². The number of aromatic nitrogens is 3. The summed E-state index contributed by atoms with van der Waals surface area (Å²) in [5, 5.41) is 22.4. The topological polar surface area (TPSA) is 24.5 Å². The number of rotatable bonds is 17. The molecule has 6 nitrogen and oxygen atoms in total. The Kier molecular flexibility index (Phi) is 22.9. The zero-order chi connectivity index (χ0) is 99.3. The number of para-hydroxylation sites is 2. The zero-order valence-electron chi connectivity index (χ0n) is 82.3. The van der Waals surface area contributed by atoms with Crippen LogP contribution >= 0.6 is 0 Å². The number of hydrogen-bond donors (Lipinski definition) is 0. The summed E-state index contributed by atoms with van der Waals surface area (Å²) in [5.41, 5.74) is 32.7. The molecule has 0 radical (unpaired) electrons. The van der Waals surface area contributed by atoms with Crippen molar-refractivity contribution < 1.29 is 0 Å². The number of anilines is 9. The van der Waals surface area contributed by atoms with Gasteiger partial charge in [0, 0.05) is 100 Å². The summed E-state index contributed by atoms with van der Waals surface area (Å²) in [4.78, 5) is 7.20. The Balaban J connectivity index is 0.000000111. The highest BCUT2D eigenvalue weighted by atomic mass is 15.2. The average molecular weight is 1910 g/mol. The maximum absolute atomic E-state index is 2.43. The van der Waals surface area contributed by atoms with Crippen LogP contribution in [0.15, 0.2) is 595 Å². The molecule has 3 aromatic heterocycles. The van der Waals surface area contributed by atoms with Gasteiger partial charge < -0.3 is 28.4 Å².